The van der Waals surface area contributed by atoms with Gasteiger partial charge in [0.1, 0.15) is 0 Å². The molecule has 2 fully saturated rings. The molecule has 0 aromatic rings. The Labute approximate surface area is 119 Å². The summed E-state index contributed by atoms with van der Waals surface area (Å²) in [6.07, 6.45) is 18.3. The van der Waals surface area contributed by atoms with E-state index in [9.17, 15) is 0 Å². The Hall–Kier alpha value is -0.460. The van der Waals surface area contributed by atoms with Crippen molar-refractivity contribution in [2.24, 2.45) is 17.8 Å². The Morgan fingerprint density at radius 3 is 2.53 bits per heavy atom. The fourth-order valence-corrected chi connectivity index (χ4v) is 3.89. The average Bonchev–Trinajstić information content (AvgIpc) is 2.45. The predicted octanol–water partition coefficient (Wildman–Crippen LogP) is 5.70. The fraction of sp³-hybridized carbons (Fsp3) is 0.889. The van der Waals surface area contributed by atoms with E-state index in [1.165, 1.54) is 57.8 Å². The molecule has 1 nitrogen and oxygen atoms in total. The highest BCUT2D eigenvalue weighted by molar-refractivity contribution is 4.83. The van der Waals surface area contributed by atoms with Gasteiger partial charge in [-0.15, -0.1) is 0 Å². The second kappa shape index (κ2) is 7.97. The van der Waals surface area contributed by atoms with Crippen LogP contribution in [0.1, 0.15) is 78.1 Å². The van der Waals surface area contributed by atoms with E-state index in [0.717, 1.165) is 24.2 Å². The second-order valence-electron chi connectivity index (χ2n) is 6.87. The normalized spacial score (nSPS) is 36.5. The molecule has 0 aliphatic heterocycles. The zero-order valence-electron chi connectivity index (χ0n) is 12.9. The molecule has 0 bridgehead atoms. The molecule has 2 saturated carbocycles. The van der Waals surface area contributed by atoms with Crippen LogP contribution in [0, 0.1) is 17.8 Å². The molecule has 0 amide bonds. The highest BCUT2D eigenvalue weighted by atomic mass is 16.5. The van der Waals surface area contributed by atoms with Crippen LogP contribution in [-0.4, -0.2) is 6.10 Å². The molecule has 2 aliphatic rings. The summed E-state index contributed by atoms with van der Waals surface area (Å²) in [7, 11) is 0. The van der Waals surface area contributed by atoms with Gasteiger partial charge in [-0.05, 0) is 68.8 Å². The number of hydrogen-bond acceptors (Lipinski definition) is 1. The van der Waals surface area contributed by atoms with E-state index in [0.29, 0.717) is 6.10 Å². The van der Waals surface area contributed by atoms with Crippen molar-refractivity contribution in [2.45, 2.75) is 84.2 Å². The molecule has 0 aromatic carbocycles. The van der Waals surface area contributed by atoms with Gasteiger partial charge in [0.05, 0.1) is 12.4 Å². The minimum atomic E-state index is 0.506. The Bertz CT molecular complexity index is 263. The number of allylic oxidation sites excluding steroid dienone is 1. The molecule has 2 rings (SSSR count). The van der Waals surface area contributed by atoms with Crippen LogP contribution in [-0.2, 0) is 4.74 Å². The summed E-state index contributed by atoms with van der Waals surface area (Å²) in [4.78, 5) is 0. The first kappa shape index (κ1) is 14.9. The first-order valence-corrected chi connectivity index (χ1v) is 8.60. The first-order chi connectivity index (χ1) is 9.29. The third kappa shape index (κ3) is 4.85. The van der Waals surface area contributed by atoms with E-state index in [4.69, 9.17) is 4.74 Å². The summed E-state index contributed by atoms with van der Waals surface area (Å²) in [6.45, 7) is 4.63. The van der Waals surface area contributed by atoms with Gasteiger partial charge in [0.25, 0.3) is 0 Å². The Balaban J connectivity index is 1.73. The Kier molecular flexibility index (Phi) is 6.26. The van der Waals surface area contributed by atoms with Crippen molar-refractivity contribution >= 4 is 0 Å². The minimum absolute atomic E-state index is 0.506. The molecule has 0 saturated heterocycles. The van der Waals surface area contributed by atoms with E-state index >= 15 is 0 Å². The Morgan fingerprint density at radius 1 is 1.00 bits per heavy atom. The van der Waals surface area contributed by atoms with E-state index in [2.05, 4.69) is 19.9 Å². The summed E-state index contributed by atoms with van der Waals surface area (Å²) in [6, 6.07) is 0. The van der Waals surface area contributed by atoms with Crippen LogP contribution in [0.25, 0.3) is 0 Å². The van der Waals surface area contributed by atoms with Crippen molar-refractivity contribution in [2.75, 3.05) is 0 Å². The first-order valence-electron chi connectivity index (χ1n) is 8.60. The van der Waals surface area contributed by atoms with Crippen LogP contribution in [0.15, 0.2) is 12.3 Å². The summed E-state index contributed by atoms with van der Waals surface area (Å²) >= 11 is 0. The maximum Gasteiger partial charge on any atom is 0.0981 e. The molecule has 110 valence electrons. The van der Waals surface area contributed by atoms with Crippen molar-refractivity contribution in [3.63, 3.8) is 0 Å². The summed E-state index contributed by atoms with van der Waals surface area (Å²) in [5.74, 6) is 2.93. The van der Waals surface area contributed by atoms with Crippen LogP contribution in [0.5, 0.6) is 0 Å². The van der Waals surface area contributed by atoms with E-state index in [1.807, 2.05) is 6.26 Å². The topological polar surface area (TPSA) is 9.23 Å². The van der Waals surface area contributed by atoms with E-state index < -0.39 is 0 Å². The predicted molar refractivity (Wildman–Crippen MR) is 82.0 cm³/mol. The molecule has 0 N–H and O–H groups in total. The lowest BCUT2D eigenvalue weighted by atomic mass is 9.71. The van der Waals surface area contributed by atoms with E-state index in [1.54, 1.807) is 0 Å². The minimum Gasteiger partial charge on any atom is -0.498 e. The van der Waals surface area contributed by atoms with Crippen molar-refractivity contribution in [1.82, 2.24) is 0 Å². The number of unbranched alkanes of at least 4 members (excludes halogenated alkanes) is 1. The molecule has 19 heavy (non-hydrogen) atoms. The lowest BCUT2D eigenvalue weighted by molar-refractivity contribution is 0.0523. The largest absolute Gasteiger partial charge is 0.498 e. The van der Waals surface area contributed by atoms with Gasteiger partial charge in [0.2, 0.25) is 0 Å². The molecule has 2 aliphatic carbocycles. The summed E-state index contributed by atoms with van der Waals surface area (Å²) < 4.78 is 5.95. The second-order valence-corrected chi connectivity index (χ2v) is 6.87. The quantitative estimate of drug-likeness (QED) is 0.579. The van der Waals surface area contributed by atoms with Gasteiger partial charge in [0.15, 0.2) is 0 Å². The zero-order valence-corrected chi connectivity index (χ0v) is 12.9. The van der Waals surface area contributed by atoms with Crippen LogP contribution in [0.2, 0.25) is 0 Å². The highest BCUT2D eigenvalue weighted by Crippen LogP contribution is 2.40. The van der Waals surface area contributed by atoms with Crippen molar-refractivity contribution in [1.29, 1.82) is 0 Å². The molecule has 0 spiro atoms. The number of hydrogen-bond donors (Lipinski definition) is 0. The van der Waals surface area contributed by atoms with Crippen LogP contribution >= 0.6 is 0 Å². The molecule has 2 atom stereocenters. The van der Waals surface area contributed by atoms with Gasteiger partial charge in [-0.2, -0.15) is 0 Å². The Morgan fingerprint density at radius 2 is 1.79 bits per heavy atom. The summed E-state index contributed by atoms with van der Waals surface area (Å²) in [5, 5.41) is 0. The van der Waals surface area contributed by atoms with Gasteiger partial charge in [-0.1, -0.05) is 33.1 Å². The smallest absolute Gasteiger partial charge is 0.0981 e. The monoisotopic (exact) mass is 264 g/mol. The molecule has 0 aromatic heterocycles. The van der Waals surface area contributed by atoms with E-state index in [-0.39, 0.29) is 0 Å². The van der Waals surface area contributed by atoms with Gasteiger partial charge in [0, 0.05) is 0 Å². The van der Waals surface area contributed by atoms with Crippen LogP contribution in [0.4, 0.5) is 0 Å². The lowest BCUT2D eigenvalue weighted by Gasteiger charge is -2.37. The molecular formula is C18H32O. The fourth-order valence-electron chi connectivity index (χ4n) is 3.89. The summed E-state index contributed by atoms with van der Waals surface area (Å²) in [5.41, 5.74) is 0. The van der Waals surface area contributed by atoms with Crippen LogP contribution in [0.3, 0.4) is 0 Å². The van der Waals surface area contributed by atoms with Crippen molar-refractivity contribution in [3.05, 3.63) is 12.3 Å². The SMILES string of the molecule is CCC/C=C/OC1CCCC(C2CCC(C)CC2)C1. The molecular weight excluding hydrogens is 232 g/mol. The third-order valence-electron chi connectivity index (χ3n) is 5.22. The van der Waals surface area contributed by atoms with Gasteiger partial charge < -0.3 is 4.74 Å². The molecule has 0 radical (unpaired) electrons. The zero-order chi connectivity index (χ0) is 13.5. The van der Waals surface area contributed by atoms with Gasteiger partial charge in [-0.3, -0.25) is 0 Å². The third-order valence-corrected chi connectivity index (χ3v) is 5.22. The maximum atomic E-state index is 5.95. The average molecular weight is 264 g/mol. The maximum absolute atomic E-state index is 5.95. The van der Waals surface area contributed by atoms with Gasteiger partial charge in [-0.25, -0.2) is 0 Å². The highest BCUT2D eigenvalue weighted by Gasteiger charge is 2.30. The lowest BCUT2D eigenvalue weighted by Crippen LogP contribution is -2.29. The number of rotatable bonds is 5. The van der Waals surface area contributed by atoms with Crippen LogP contribution < -0.4 is 0 Å². The number of ether oxygens (including phenoxy) is 1. The molecule has 2 unspecified atom stereocenters. The van der Waals surface area contributed by atoms with Crippen molar-refractivity contribution in [3.8, 4) is 0 Å². The van der Waals surface area contributed by atoms with Crippen molar-refractivity contribution < 1.29 is 4.74 Å². The molecule has 1 heteroatoms. The molecule has 0 heterocycles. The standard InChI is InChI=1S/C18H32O/c1-3-4-5-13-19-18-8-6-7-17(14-18)16-11-9-15(2)10-12-16/h5,13,15-18H,3-4,6-12,14H2,1-2H3/b13-5+. The van der Waals surface area contributed by atoms with Gasteiger partial charge >= 0.3 is 0 Å².